The highest BCUT2D eigenvalue weighted by Crippen LogP contribution is 2.14. The maximum absolute atomic E-state index is 11.9. The third-order valence-electron chi connectivity index (χ3n) is 2.80. The number of hydrogen-bond donors (Lipinski definition) is 1. The number of hydrogen-bond acceptors (Lipinski definition) is 4. The largest absolute Gasteiger partial charge is 0.469 e. The highest BCUT2D eigenvalue weighted by Gasteiger charge is 2.11. The smallest absolute Gasteiger partial charge is 0.306 e. The summed E-state index contributed by atoms with van der Waals surface area (Å²) in [7, 11) is 1.36. The number of methoxy groups -OCH3 is 1. The molecule has 5 nitrogen and oxygen atoms in total. The molecule has 0 spiro atoms. The molecule has 1 N–H and O–H groups in total. The van der Waals surface area contributed by atoms with E-state index in [1.165, 1.54) is 7.11 Å². The fraction of sp³-hybridized carbons (Fsp3) is 0.429. The molecule has 0 atom stereocenters. The summed E-state index contributed by atoms with van der Waals surface area (Å²) in [5, 5.41) is 2.82. The molecule has 0 bridgehead atoms. The van der Waals surface area contributed by atoms with Crippen LogP contribution in [-0.4, -0.2) is 43.5 Å². The number of rotatable bonds is 7. The van der Waals surface area contributed by atoms with E-state index in [4.69, 9.17) is 0 Å². The number of halogens is 1. The zero-order valence-electron chi connectivity index (χ0n) is 11.7. The lowest BCUT2D eigenvalue weighted by molar-refractivity contribution is -0.141. The van der Waals surface area contributed by atoms with Crippen molar-refractivity contribution in [3.05, 3.63) is 28.7 Å². The predicted octanol–water partition coefficient (Wildman–Crippen LogP) is 2.27. The fourth-order valence-corrected chi connectivity index (χ4v) is 1.90. The van der Waals surface area contributed by atoms with Crippen molar-refractivity contribution < 1.29 is 14.3 Å². The Morgan fingerprint density at radius 3 is 2.50 bits per heavy atom. The van der Waals surface area contributed by atoms with Gasteiger partial charge in [0, 0.05) is 16.7 Å². The summed E-state index contributed by atoms with van der Waals surface area (Å²) >= 11 is 3.34. The molecule has 0 aliphatic heterocycles. The maximum Gasteiger partial charge on any atom is 0.306 e. The minimum Gasteiger partial charge on any atom is -0.469 e. The van der Waals surface area contributed by atoms with Gasteiger partial charge < -0.3 is 10.1 Å². The minimum absolute atomic E-state index is 0.0981. The molecule has 0 aliphatic rings. The van der Waals surface area contributed by atoms with Gasteiger partial charge in [0.1, 0.15) is 0 Å². The first-order chi connectivity index (χ1) is 9.55. The van der Waals surface area contributed by atoms with Crippen LogP contribution in [0.25, 0.3) is 0 Å². The quantitative estimate of drug-likeness (QED) is 0.772. The number of benzene rings is 1. The van der Waals surface area contributed by atoms with Crippen LogP contribution in [0.5, 0.6) is 0 Å². The number of carbonyl (C=O) groups excluding carboxylic acids is 2. The van der Waals surface area contributed by atoms with E-state index in [0.717, 1.165) is 10.2 Å². The van der Waals surface area contributed by atoms with Gasteiger partial charge in [-0.05, 0) is 30.8 Å². The molecule has 0 heterocycles. The third-order valence-corrected chi connectivity index (χ3v) is 3.33. The Hall–Kier alpha value is -1.40. The molecule has 0 aromatic heterocycles. The molecule has 6 heteroatoms. The van der Waals surface area contributed by atoms with E-state index in [-0.39, 0.29) is 24.8 Å². The number of amides is 1. The summed E-state index contributed by atoms with van der Waals surface area (Å²) in [5.41, 5.74) is 0.752. The van der Waals surface area contributed by atoms with Crippen LogP contribution >= 0.6 is 15.9 Å². The SMILES string of the molecule is CCN(CCC(=O)OC)CC(=O)Nc1ccc(Br)cc1. The lowest BCUT2D eigenvalue weighted by Gasteiger charge is -2.19. The average molecular weight is 343 g/mol. The van der Waals surface area contributed by atoms with Crippen molar-refractivity contribution in [2.24, 2.45) is 0 Å². The molecule has 110 valence electrons. The number of carbonyl (C=O) groups is 2. The monoisotopic (exact) mass is 342 g/mol. The second-order valence-electron chi connectivity index (χ2n) is 4.25. The summed E-state index contributed by atoms with van der Waals surface area (Å²) in [4.78, 5) is 24.9. The Balaban J connectivity index is 2.42. The number of nitrogens with zero attached hydrogens (tertiary/aromatic N) is 1. The van der Waals surface area contributed by atoms with Crippen molar-refractivity contribution in [2.45, 2.75) is 13.3 Å². The van der Waals surface area contributed by atoms with E-state index in [2.05, 4.69) is 26.0 Å². The van der Waals surface area contributed by atoms with Gasteiger partial charge in [-0.25, -0.2) is 0 Å². The van der Waals surface area contributed by atoms with Gasteiger partial charge in [-0.15, -0.1) is 0 Å². The predicted molar refractivity (Wildman–Crippen MR) is 81.5 cm³/mol. The molecule has 20 heavy (non-hydrogen) atoms. The Bertz CT molecular complexity index is 448. The van der Waals surface area contributed by atoms with Crippen LogP contribution in [-0.2, 0) is 14.3 Å². The summed E-state index contributed by atoms with van der Waals surface area (Å²) < 4.78 is 5.55. The van der Waals surface area contributed by atoms with Gasteiger partial charge in [0.05, 0.1) is 20.1 Å². The molecule has 1 aromatic rings. The van der Waals surface area contributed by atoms with Crippen molar-refractivity contribution in [2.75, 3.05) is 32.1 Å². The Kier molecular flexibility index (Phi) is 7.25. The first-order valence-corrected chi connectivity index (χ1v) is 7.19. The van der Waals surface area contributed by atoms with E-state index in [1.807, 2.05) is 36.1 Å². The molecule has 0 saturated carbocycles. The van der Waals surface area contributed by atoms with Crippen molar-refractivity contribution in [1.29, 1.82) is 0 Å². The van der Waals surface area contributed by atoms with Gasteiger partial charge in [0.2, 0.25) is 5.91 Å². The van der Waals surface area contributed by atoms with Gasteiger partial charge in [0.15, 0.2) is 0 Å². The Morgan fingerprint density at radius 1 is 1.30 bits per heavy atom. The zero-order chi connectivity index (χ0) is 15.0. The minimum atomic E-state index is -0.267. The number of nitrogens with one attached hydrogen (secondary N) is 1. The molecule has 0 radical (unpaired) electrons. The van der Waals surface area contributed by atoms with E-state index in [9.17, 15) is 9.59 Å². The molecular formula is C14H19BrN2O3. The lowest BCUT2D eigenvalue weighted by atomic mass is 10.3. The van der Waals surface area contributed by atoms with E-state index in [1.54, 1.807) is 0 Å². The standard InChI is InChI=1S/C14H19BrN2O3/c1-3-17(9-8-14(19)20-2)10-13(18)16-12-6-4-11(15)5-7-12/h4-7H,3,8-10H2,1-2H3,(H,16,18). The van der Waals surface area contributed by atoms with Crippen LogP contribution in [0.1, 0.15) is 13.3 Å². The molecule has 1 aromatic carbocycles. The molecule has 0 fully saturated rings. The highest BCUT2D eigenvalue weighted by molar-refractivity contribution is 9.10. The number of ether oxygens (including phenoxy) is 1. The Labute approximate surface area is 127 Å². The van der Waals surface area contributed by atoms with Crippen LogP contribution in [0.4, 0.5) is 5.69 Å². The van der Waals surface area contributed by atoms with E-state index >= 15 is 0 Å². The topological polar surface area (TPSA) is 58.6 Å². The summed E-state index contributed by atoms with van der Waals surface area (Å²) in [5.74, 6) is -0.365. The molecule has 0 aliphatic carbocycles. The maximum atomic E-state index is 11.9. The number of esters is 1. The van der Waals surface area contributed by atoms with Crippen LogP contribution in [0.2, 0.25) is 0 Å². The summed E-state index contributed by atoms with van der Waals surface area (Å²) in [6.07, 6.45) is 0.288. The van der Waals surface area contributed by atoms with Crippen molar-refractivity contribution in [3.8, 4) is 0 Å². The second kappa shape index (κ2) is 8.71. The molecule has 1 amide bonds. The van der Waals surface area contributed by atoms with Crippen LogP contribution in [0, 0.1) is 0 Å². The lowest BCUT2D eigenvalue weighted by Crippen LogP contribution is -2.34. The molecule has 1 rings (SSSR count). The molecular weight excluding hydrogens is 324 g/mol. The van der Waals surface area contributed by atoms with Crippen molar-refractivity contribution in [3.63, 3.8) is 0 Å². The fourth-order valence-electron chi connectivity index (χ4n) is 1.64. The second-order valence-corrected chi connectivity index (χ2v) is 5.17. The normalized spacial score (nSPS) is 10.4. The van der Waals surface area contributed by atoms with Gasteiger partial charge in [-0.2, -0.15) is 0 Å². The molecule has 0 unspecified atom stereocenters. The zero-order valence-corrected chi connectivity index (χ0v) is 13.3. The average Bonchev–Trinajstić information content (AvgIpc) is 2.45. The summed E-state index contributed by atoms with van der Waals surface area (Å²) in [6, 6.07) is 7.38. The van der Waals surface area contributed by atoms with Gasteiger partial charge in [-0.3, -0.25) is 14.5 Å². The van der Waals surface area contributed by atoms with E-state index < -0.39 is 0 Å². The van der Waals surface area contributed by atoms with Gasteiger partial charge in [0.25, 0.3) is 0 Å². The number of likely N-dealkylation sites (N-methyl/N-ethyl adjacent to an activating group) is 1. The van der Waals surface area contributed by atoms with Gasteiger partial charge >= 0.3 is 5.97 Å². The summed E-state index contributed by atoms with van der Waals surface area (Å²) in [6.45, 7) is 3.41. The number of anilines is 1. The van der Waals surface area contributed by atoms with Crippen molar-refractivity contribution in [1.82, 2.24) is 4.90 Å². The van der Waals surface area contributed by atoms with Gasteiger partial charge in [-0.1, -0.05) is 22.9 Å². The van der Waals surface area contributed by atoms with E-state index in [0.29, 0.717) is 13.1 Å². The highest BCUT2D eigenvalue weighted by atomic mass is 79.9. The molecule has 0 saturated heterocycles. The first kappa shape index (κ1) is 16.7. The van der Waals surface area contributed by atoms with Crippen LogP contribution in [0.3, 0.4) is 0 Å². The van der Waals surface area contributed by atoms with Crippen LogP contribution in [0.15, 0.2) is 28.7 Å². The third kappa shape index (κ3) is 6.16. The van der Waals surface area contributed by atoms with Crippen LogP contribution < -0.4 is 5.32 Å². The first-order valence-electron chi connectivity index (χ1n) is 6.39. The Morgan fingerprint density at radius 2 is 1.95 bits per heavy atom. The van der Waals surface area contributed by atoms with Crippen molar-refractivity contribution >= 4 is 33.5 Å².